The van der Waals surface area contributed by atoms with E-state index in [-0.39, 0.29) is 48.0 Å². The molecule has 0 saturated heterocycles. The fourth-order valence-corrected chi connectivity index (χ4v) is 20.9. The molecule has 20 atom stereocenters. The molecule has 8 aliphatic carbocycles. The minimum Gasteiger partial charge on any atom is -0.509 e. The predicted octanol–water partition coefficient (Wildman–Crippen LogP) is 7.48. The molecule has 24 nitrogen and oxygen atoms in total. The number of hydrogen-bond acceptors (Lipinski definition) is 24. The van der Waals surface area contributed by atoms with Gasteiger partial charge in [0.05, 0.1) is 74.1 Å². The van der Waals surface area contributed by atoms with E-state index in [1.54, 1.807) is 81.4 Å². The third kappa shape index (κ3) is 7.75. The predicted molar refractivity (Wildman–Crippen MR) is 321 cm³/mol. The third-order valence-corrected chi connectivity index (χ3v) is 24.7. The second-order valence-corrected chi connectivity index (χ2v) is 30.8. The number of esters is 8. The molecule has 10 aliphatic rings. The topological polar surface area (TPSA) is 358 Å². The number of rotatable bonds is 15. The molecule has 4 heterocycles. The van der Waals surface area contributed by atoms with Crippen LogP contribution in [-0.4, -0.2) is 139 Å². The molecule has 2 aromatic rings. The molecule has 0 radical (unpaired) electrons. The quantitative estimate of drug-likeness (QED) is 0.0743. The summed E-state index contributed by atoms with van der Waals surface area (Å²) in [6.07, 6.45) is -6.57. The SMILES string of the molecule is COC(=O)[C@H](O)[C@H]1[C@@]2(C)C[C@@]3(OC(=O)C(C)C)[C@]1(C)[C@H]1CC[C@]4(C)C(=C(C5=C6C7=C(O)[C@@]8(O)[C@@H](OC(=O)C(C)C)[C@]9(C)C[C@@]8(OC(=O)C(C)C)[C@](C)([C@H]7CC[C@@]6(C)[C@H](c6ccoc6)OC5=O)[C@H]9[C@@H](O)C(=O)OC)C(=O)O[C@H]4c4ccoc4)C1=C(O)[C@@]3(O)[C@H]2OC(=O)C(C)C. The molecule has 6 saturated carbocycles. The highest BCUT2D eigenvalue weighted by atomic mass is 16.6. The van der Waals surface area contributed by atoms with Gasteiger partial charge >= 0.3 is 47.8 Å². The maximum absolute atomic E-state index is 16.5. The summed E-state index contributed by atoms with van der Waals surface area (Å²) in [5.41, 5.74) is -23.0. The van der Waals surface area contributed by atoms with E-state index in [1.165, 1.54) is 52.7 Å². The van der Waals surface area contributed by atoms with Gasteiger partial charge in [-0.05, 0) is 60.8 Å². The van der Waals surface area contributed by atoms with Gasteiger partial charge in [0.25, 0.3) is 0 Å². The van der Waals surface area contributed by atoms with Gasteiger partial charge in [-0.15, -0.1) is 0 Å². The van der Waals surface area contributed by atoms with E-state index in [0.29, 0.717) is 11.1 Å². The summed E-state index contributed by atoms with van der Waals surface area (Å²) in [6.45, 7) is 22.0. The lowest BCUT2D eigenvalue weighted by molar-refractivity contribution is -0.294. The fraction of sp³-hybridized carbons (Fsp3) is 0.657. The largest absolute Gasteiger partial charge is 0.509 e. The second kappa shape index (κ2) is 21.1. The van der Waals surface area contributed by atoms with Gasteiger partial charge in [0, 0.05) is 79.4 Å². The van der Waals surface area contributed by atoms with Crippen molar-refractivity contribution < 1.29 is 116 Å². The summed E-state index contributed by atoms with van der Waals surface area (Å²) in [7, 11) is 2.11. The first-order valence-electron chi connectivity index (χ1n) is 32.4. The molecule has 24 heteroatoms. The molecule has 6 N–H and O–H groups in total. The number of aliphatic hydroxyl groups is 6. The Morgan fingerprint density at radius 3 is 1.14 bits per heavy atom. The number of carbonyl (C=O) groups is 8. The number of furan rings is 2. The van der Waals surface area contributed by atoms with E-state index in [2.05, 4.69) is 0 Å². The molecule has 4 bridgehead atoms. The average molecular weight is 1310 g/mol. The number of fused-ring (bicyclic) bond motifs is 10. The lowest BCUT2D eigenvalue weighted by Gasteiger charge is -2.67. The molecule has 2 aromatic heterocycles. The first kappa shape index (κ1) is 66.7. The molecule has 0 aromatic carbocycles. The van der Waals surface area contributed by atoms with Gasteiger partial charge in [0.2, 0.25) is 0 Å². The normalized spacial score (nSPS) is 41.2. The Labute approximate surface area is 543 Å². The van der Waals surface area contributed by atoms with Crippen LogP contribution in [0, 0.1) is 79.8 Å². The molecule has 510 valence electrons. The summed E-state index contributed by atoms with van der Waals surface area (Å²) in [5, 5.41) is 82.6. The van der Waals surface area contributed by atoms with Crippen molar-refractivity contribution in [2.75, 3.05) is 14.2 Å². The molecule has 0 spiro atoms. The number of carbonyl (C=O) groups excluding carboxylic acids is 8. The van der Waals surface area contributed by atoms with Crippen LogP contribution in [-0.2, 0) is 76.3 Å². The van der Waals surface area contributed by atoms with Crippen LogP contribution in [0.2, 0.25) is 0 Å². The Morgan fingerprint density at radius 1 is 0.521 bits per heavy atom. The first-order valence-corrected chi connectivity index (χ1v) is 32.4. The molecule has 0 unspecified atom stereocenters. The van der Waals surface area contributed by atoms with Gasteiger partial charge in [-0.2, -0.15) is 0 Å². The lowest BCUT2D eigenvalue weighted by Crippen LogP contribution is -2.78. The van der Waals surface area contributed by atoms with E-state index in [0.717, 1.165) is 14.2 Å². The molecular formula is C70H86O24. The Morgan fingerprint density at radius 2 is 0.851 bits per heavy atom. The van der Waals surface area contributed by atoms with E-state index in [1.807, 2.05) is 0 Å². The number of aliphatic hydroxyl groups excluding tert-OH is 4. The Balaban J connectivity index is 1.27. The van der Waals surface area contributed by atoms with Gasteiger partial charge in [0.1, 0.15) is 35.9 Å². The van der Waals surface area contributed by atoms with Crippen molar-refractivity contribution in [1.82, 2.24) is 0 Å². The number of hydrogen-bond donors (Lipinski definition) is 6. The van der Waals surface area contributed by atoms with Gasteiger partial charge < -0.3 is 77.4 Å². The van der Waals surface area contributed by atoms with Crippen LogP contribution in [0.5, 0.6) is 0 Å². The van der Waals surface area contributed by atoms with E-state index in [4.69, 9.17) is 46.7 Å². The number of methoxy groups -OCH3 is 2. The summed E-state index contributed by atoms with van der Waals surface area (Å²) in [4.78, 5) is 119. The Kier molecular flexibility index (Phi) is 15.0. The number of ether oxygens (including phenoxy) is 8. The van der Waals surface area contributed by atoms with Crippen LogP contribution in [0.1, 0.15) is 159 Å². The first-order chi connectivity index (χ1) is 43.8. The number of allylic oxidation sites excluding steroid dienone is 2. The molecule has 0 amide bonds. The van der Waals surface area contributed by atoms with Gasteiger partial charge in [0.15, 0.2) is 34.6 Å². The zero-order valence-corrected chi connectivity index (χ0v) is 55.8. The zero-order chi connectivity index (χ0) is 69.0. The van der Waals surface area contributed by atoms with Crippen LogP contribution in [0.4, 0.5) is 0 Å². The standard InChI is InChI=1S/C70H86O24/c1-29(2)51(75)91-59-63(11)27-67(93-53(77)31(5)6)65(13,45(63)43(71)57(81)85-15)35-17-21-61(9)41(37(35)47(73)69(59,67)83)39(55(79)89-49(61)33-19-23-87-25-33)40-42-38-36(18-22-62(42,10)50(90-56(40)80)34-20-24-88-26-34)66(14)46(44(72)58(82)86-16)64(12)28-68(66,94-54(78)32(7)8)70(84,48(38)74)60(64)92-52(76)30(3)4/h19-20,23-26,29-32,35-36,43-46,49-50,59-60,71-74,83-84H,17-18,21-22,27-28H2,1-16H3/t35-,36-,43+,44+,45-,46-,49-,50-,59-,60-,61+,62+,63+,64+,65+,66+,67+,68+,69+,70+/m0/s1. The highest BCUT2D eigenvalue weighted by molar-refractivity contribution is 6.11. The van der Waals surface area contributed by atoms with Crippen LogP contribution in [0.3, 0.4) is 0 Å². The summed E-state index contributed by atoms with van der Waals surface area (Å²) in [5.74, 6) is -19.4. The van der Waals surface area contributed by atoms with Crippen LogP contribution in [0.25, 0.3) is 0 Å². The van der Waals surface area contributed by atoms with E-state index in [9.17, 15) is 59.4 Å². The summed E-state index contributed by atoms with van der Waals surface area (Å²) >= 11 is 0. The van der Waals surface area contributed by atoms with Crippen molar-refractivity contribution in [1.29, 1.82) is 0 Å². The van der Waals surface area contributed by atoms with Crippen LogP contribution >= 0.6 is 0 Å². The monoisotopic (exact) mass is 1310 g/mol. The minimum atomic E-state index is -3.02. The summed E-state index contributed by atoms with van der Waals surface area (Å²) in [6, 6.07) is 3.10. The van der Waals surface area contributed by atoms with Crippen molar-refractivity contribution >= 4 is 47.8 Å². The highest BCUT2D eigenvalue weighted by Crippen LogP contribution is 2.85. The van der Waals surface area contributed by atoms with Gasteiger partial charge in [-0.1, -0.05) is 96.9 Å². The van der Waals surface area contributed by atoms with Crippen molar-refractivity contribution in [2.24, 2.45) is 79.8 Å². The molecule has 94 heavy (non-hydrogen) atoms. The maximum atomic E-state index is 16.5. The molecular weight excluding hydrogens is 1220 g/mol. The van der Waals surface area contributed by atoms with Crippen molar-refractivity contribution in [2.45, 2.75) is 194 Å². The molecule has 2 aliphatic heterocycles. The Hall–Kier alpha value is -7.28. The van der Waals surface area contributed by atoms with E-state index < -0.39 is 222 Å². The smallest absolute Gasteiger partial charge is 0.339 e. The van der Waals surface area contributed by atoms with Crippen molar-refractivity contribution in [3.63, 3.8) is 0 Å². The maximum Gasteiger partial charge on any atom is 0.339 e. The van der Waals surface area contributed by atoms with Crippen LogP contribution < -0.4 is 0 Å². The fourth-order valence-electron chi connectivity index (χ4n) is 20.9. The third-order valence-electron chi connectivity index (χ3n) is 24.7. The Bertz CT molecular complexity index is 3510. The van der Waals surface area contributed by atoms with Crippen molar-refractivity contribution in [3.05, 3.63) is 93.3 Å². The van der Waals surface area contributed by atoms with Crippen molar-refractivity contribution in [3.8, 4) is 0 Å². The average Bonchev–Trinajstić information content (AvgIpc) is 1.43. The number of cyclic esters (lactones) is 2. The minimum absolute atomic E-state index is 0.0541. The van der Waals surface area contributed by atoms with Gasteiger partial charge in [-0.3, -0.25) is 19.2 Å². The van der Waals surface area contributed by atoms with Crippen LogP contribution in [0.15, 0.2) is 91.0 Å². The molecule has 6 fully saturated rings. The molecule has 12 rings (SSSR count). The van der Waals surface area contributed by atoms with E-state index >= 15 is 9.59 Å². The highest BCUT2D eigenvalue weighted by Gasteiger charge is 2.94. The second-order valence-electron chi connectivity index (χ2n) is 30.8. The summed E-state index contributed by atoms with van der Waals surface area (Å²) < 4.78 is 61.2. The zero-order valence-electron chi connectivity index (χ0n) is 55.8. The lowest BCUT2D eigenvalue weighted by atomic mass is 9.40. The van der Waals surface area contributed by atoms with Gasteiger partial charge in [-0.25, -0.2) is 19.2 Å².